The van der Waals surface area contributed by atoms with E-state index in [4.69, 9.17) is 15.5 Å². The van der Waals surface area contributed by atoms with Crippen LogP contribution in [0, 0.1) is 11.3 Å². The molecule has 1 heterocycles. The van der Waals surface area contributed by atoms with Gasteiger partial charge >= 0.3 is 0 Å². The molecule has 3 N–H and O–H groups in total. The van der Waals surface area contributed by atoms with Gasteiger partial charge in [-0.25, -0.2) is 4.99 Å². The second-order valence-electron chi connectivity index (χ2n) is 8.48. The van der Waals surface area contributed by atoms with E-state index in [1.807, 2.05) is 0 Å². The third-order valence-electron chi connectivity index (χ3n) is 6.19. The van der Waals surface area contributed by atoms with Crippen molar-refractivity contribution < 1.29 is 4.74 Å². The van der Waals surface area contributed by atoms with Crippen LogP contribution < -0.4 is 11.1 Å². The summed E-state index contributed by atoms with van der Waals surface area (Å²) in [6, 6.07) is 11.3. The Morgan fingerprint density at radius 2 is 1.92 bits per heavy atom. The summed E-state index contributed by atoms with van der Waals surface area (Å²) in [5.74, 6) is 0.994. The van der Waals surface area contributed by atoms with Gasteiger partial charge in [-0.1, -0.05) is 51.1 Å². The summed E-state index contributed by atoms with van der Waals surface area (Å²) in [6.45, 7) is 9.84. The molecule has 26 heavy (non-hydrogen) atoms. The molecule has 1 saturated carbocycles. The van der Waals surface area contributed by atoms with E-state index in [2.05, 4.69) is 61.3 Å². The number of nitrogens with one attached hydrogen (secondary N) is 1. The number of guanidine groups is 1. The van der Waals surface area contributed by atoms with Crippen molar-refractivity contribution in [3.63, 3.8) is 0 Å². The van der Waals surface area contributed by atoms with Crippen molar-refractivity contribution in [3.05, 3.63) is 35.9 Å². The summed E-state index contributed by atoms with van der Waals surface area (Å²) in [7, 11) is 1.79. The molecule has 1 aliphatic heterocycles. The minimum absolute atomic E-state index is 0.0412. The number of nitrogens with zero attached hydrogens (tertiary/aromatic N) is 2. The minimum atomic E-state index is 0.0412. The molecule has 1 aromatic rings. The molecule has 2 aliphatic rings. The van der Waals surface area contributed by atoms with Gasteiger partial charge in [0.25, 0.3) is 0 Å². The Kier molecular flexibility index (Phi) is 5.88. The van der Waals surface area contributed by atoms with Gasteiger partial charge in [-0.05, 0) is 18.4 Å². The molecule has 0 radical (unpaired) electrons. The average Bonchev–Trinajstić information content (AvgIpc) is 2.62. The highest BCUT2D eigenvalue weighted by atomic mass is 16.5. The number of nitrogens with two attached hydrogens (primary N) is 1. The van der Waals surface area contributed by atoms with Crippen molar-refractivity contribution in [1.82, 2.24) is 10.2 Å². The fourth-order valence-corrected chi connectivity index (χ4v) is 4.85. The molecule has 0 spiro atoms. The van der Waals surface area contributed by atoms with Crippen molar-refractivity contribution in [2.45, 2.75) is 58.3 Å². The number of rotatable bonds is 5. The SMILES string of the molecule is COC1C(C)C(N=C(N)NC2CCN(Cc3ccccc3)CC2)C1(C)C. The molecule has 5 nitrogen and oxygen atoms in total. The number of likely N-dealkylation sites (tertiary alicyclic amines) is 1. The van der Waals surface area contributed by atoms with E-state index in [0.717, 1.165) is 32.5 Å². The van der Waals surface area contributed by atoms with Crippen LogP contribution in [0.25, 0.3) is 0 Å². The van der Waals surface area contributed by atoms with E-state index in [1.165, 1.54) is 5.56 Å². The van der Waals surface area contributed by atoms with Crippen LogP contribution in [0.15, 0.2) is 35.3 Å². The summed E-state index contributed by atoms with van der Waals surface area (Å²) >= 11 is 0. The van der Waals surface area contributed by atoms with Gasteiger partial charge in [0.2, 0.25) is 0 Å². The first-order valence-corrected chi connectivity index (χ1v) is 9.80. The van der Waals surface area contributed by atoms with Crippen molar-refractivity contribution >= 4 is 5.96 Å². The van der Waals surface area contributed by atoms with E-state index in [0.29, 0.717) is 17.9 Å². The highest BCUT2D eigenvalue weighted by molar-refractivity contribution is 5.78. The summed E-state index contributed by atoms with van der Waals surface area (Å²) in [6.07, 6.45) is 2.46. The van der Waals surface area contributed by atoms with E-state index in [1.54, 1.807) is 7.11 Å². The largest absolute Gasteiger partial charge is 0.380 e. The molecule has 1 aromatic carbocycles. The zero-order valence-corrected chi connectivity index (χ0v) is 16.6. The van der Waals surface area contributed by atoms with Crippen LogP contribution >= 0.6 is 0 Å². The van der Waals surface area contributed by atoms with Crippen molar-refractivity contribution in [3.8, 4) is 0 Å². The van der Waals surface area contributed by atoms with Crippen LogP contribution in [-0.2, 0) is 11.3 Å². The number of ether oxygens (including phenoxy) is 1. The van der Waals surface area contributed by atoms with Gasteiger partial charge in [0, 0.05) is 44.1 Å². The number of aliphatic imine (C=N–C) groups is 1. The quantitative estimate of drug-likeness (QED) is 0.627. The van der Waals surface area contributed by atoms with Gasteiger partial charge in [0.05, 0.1) is 12.1 Å². The Bertz CT molecular complexity index is 608. The fourth-order valence-electron chi connectivity index (χ4n) is 4.85. The van der Waals surface area contributed by atoms with Crippen molar-refractivity contribution in [1.29, 1.82) is 0 Å². The first-order chi connectivity index (χ1) is 12.4. The molecule has 3 unspecified atom stereocenters. The first-order valence-electron chi connectivity index (χ1n) is 9.80. The lowest BCUT2D eigenvalue weighted by Crippen LogP contribution is -2.61. The first kappa shape index (κ1) is 19.2. The maximum atomic E-state index is 6.23. The fraction of sp³-hybridized carbons (Fsp3) is 0.667. The highest BCUT2D eigenvalue weighted by Gasteiger charge is 2.55. The molecule has 3 atom stereocenters. The average molecular weight is 359 g/mol. The van der Waals surface area contributed by atoms with Crippen LogP contribution in [0.2, 0.25) is 0 Å². The molecule has 5 heteroatoms. The topological polar surface area (TPSA) is 62.9 Å². The second kappa shape index (κ2) is 7.97. The number of piperidine rings is 1. The van der Waals surface area contributed by atoms with E-state index < -0.39 is 0 Å². The summed E-state index contributed by atoms with van der Waals surface area (Å²) in [5.41, 5.74) is 7.65. The van der Waals surface area contributed by atoms with Crippen LogP contribution in [0.1, 0.15) is 39.2 Å². The summed E-state index contributed by atoms with van der Waals surface area (Å²) < 4.78 is 5.60. The summed E-state index contributed by atoms with van der Waals surface area (Å²) in [5, 5.41) is 3.45. The number of benzene rings is 1. The normalized spacial score (nSPS) is 30.0. The maximum absolute atomic E-state index is 6.23. The second-order valence-corrected chi connectivity index (χ2v) is 8.48. The van der Waals surface area contributed by atoms with Gasteiger partial charge in [-0.2, -0.15) is 0 Å². The molecule has 0 bridgehead atoms. The third kappa shape index (κ3) is 4.04. The van der Waals surface area contributed by atoms with Crippen LogP contribution in [0.5, 0.6) is 0 Å². The van der Waals surface area contributed by atoms with Crippen LogP contribution in [-0.4, -0.2) is 49.2 Å². The molecule has 144 valence electrons. The standard InChI is InChI=1S/C21H34N4O/c1-15-18(21(2,3)19(15)26-4)24-20(22)23-17-10-12-25(13-11-17)14-16-8-6-5-7-9-16/h5-9,15,17-19H,10-14H2,1-4H3,(H3,22,23,24). The molecule has 0 amide bonds. The van der Waals surface area contributed by atoms with E-state index in [9.17, 15) is 0 Å². The Morgan fingerprint density at radius 1 is 1.27 bits per heavy atom. The van der Waals surface area contributed by atoms with Crippen LogP contribution in [0.3, 0.4) is 0 Å². The monoisotopic (exact) mass is 358 g/mol. The van der Waals surface area contributed by atoms with Gasteiger partial charge in [-0.3, -0.25) is 4.90 Å². The Balaban J connectivity index is 1.47. The lowest BCUT2D eigenvalue weighted by atomic mass is 9.58. The van der Waals surface area contributed by atoms with Crippen molar-refractivity contribution in [2.24, 2.45) is 22.1 Å². The number of hydrogen-bond acceptors (Lipinski definition) is 3. The zero-order chi connectivity index (χ0) is 18.7. The predicted octanol–water partition coefficient (Wildman–Crippen LogP) is 2.61. The molecule has 3 rings (SSSR count). The number of hydrogen-bond donors (Lipinski definition) is 2. The molecular formula is C21H34N4O. The van der Waals surface area contributed by atoms with Gasteiger partial charge < -0.3 is 15.8 Å². The van der Waals surface area contributed by atoms with Gasteiger partial charge in [-0.15, -0.1) is 0 Å². The van der Waals surface area contributed by atoms with Crippen molar-refractivity contribution in [2.75, 3.05) is 20.2 Å². The highest BCUT2D eigenvalue weighted by Crippen LogP contribution is 2.48. The van der Waals surface area contributed by atoms with Crippen LogP contribution in [0.4, 0.5) is 0 Å². The Hall–Kier alpha value is -1.59. The van der Waals surface area contributed by atoms with E-state index in [-0.39, 0.29) is 17.6 Å². The predicted molar refractivity (Wildman–Crippen MR) is 107 cm³/mol. The Labute approximate surface area is 158 Å². The third-order valence-corrected chi connectivity index (χ3v) is 6.19. The van der Waals surface area contributed by atoms with E-state index >= 15 is 0 Å². The lowest BCUT2D eigenvalue weighted by molar-refractivity contribution is -0.132. The maximum Gasteiger partial charge on any atom is 0.189 e. The zero-order valence-electron chi connectivity index (χ0n) is 16.6. The summed E-state index contributed by atoms with van der Waals surface area (Å²) in [4.78, 5) is 7.30. The van der Waals surface area contributed by atoms with Gasteiger partial charge in [0.15, 0.2) is 5.96 Å². The lowest BCUT2D eigenvalue weighted by Gasteiger charge is -2.54. The smallest absolute Gasteiger partial charge is 0.189 e. The molecular weight excluding hydrogens is 324 g/mol. The molecule has 0 aromatic heterocycles. The minimum Gasteiger partial charge on any atom is -0.380 e. The Morgan fingerprint density at radius 3 is 2.50 bits per heavy atom. The molecule has 1 aliphatic carbocycles. The molecule has 2 fully saturated rings. The molecule has 1 saturated heterocycles. The number of methoxy groups -OCH3 is 1. The van der Waals surface area contributed by atoms with Gasteiger partial charge in [0.1, 0.15) is 0 Å².